The Morgan fingerprint density at radius 1 is 1.75 bits per heavy atom. The summed E-state index contributed by atoms with van der Waals surface area (Å²) in [6.07, 6.45) is 0.115. The van der Waals surface area contributed by atoms with Crippen LogP contribution in [0.2, 0.25) is 0 Å². The van der Waals surface area contributed by atoms with Crippen LogP contribution < -0.4 is 0 Å². The Morgan fingerprint density at radius 2 is 2.56 bits per heavy atom. The van der Waals surface area contributed by atoms with Gasteiger partial charge in [-0.1, -0.05) is 0 Å². The van der Waals surface area contributed by atoms with Crippen LogP contribution in [-0.2, 0) is 16.0 Å². The van der Waals surface area contributed by atoms with Gasteiger partial charge in [0.2, 0.25) is 0 Å². The molecule has 5 heteroatoms. The largest absolute Gasteiger partial charge is 0.368 e. The van der Waals surface area contributed by atoms with Crippen LogP contribution in [0.4, 0.5) is 0 Å². The highest BCUT2D eigenvalue weighted by molar-refractivity contribution is 7.09. The lowest BCUT2D eigenvalue weighted by Crippen LogP contribution is -2.44. The molecule has 1 aromatic heterocycles. The summed E-state index contributed by atoms with van der Waals surface area (Å²) >= 11 is 1.58. The number of likely N-dealkylation sites (N-methyl/N-ethyl adjacent to an activating group) is 1. The van der Waals surface area contributed by atoms with E-state index in [9.17, 15) is 4.79 Å². The first-order valence-electron chi connectivity index (χ1n) is 5.39. The van der Waals surface area contributed by atoms with Gasteiger partial charge in [0.1, 0.15) is 6.10 Å². The van der Waals surface area contributed by atoms with Crippen LogP contribution in [0.25, 0.3) is 0 Å². The van der Waals surface area contributed by atoms with Crippen molar-refractivity contribution in [2.45, 2.75) is 19.4 Å². The van der Waals surface area contributed by atoms with Gasteiger partial charge in [-0.3, -0.25) is 4.79 Å². The molecule has 2 rings (SSSR count). The molecule has 2 heterocycles. The molecule has 0 radical (unpaired) electrons. The third-order valence-corrected chi connectivity index (χ3v) is 3.47. The zero-order valence-corrected chi connectivity index (χ0v) is 10.4. The minimum Gasteiger partial charge on any atom is -0.368 e. The Morgan fingerprint density at radius 3 is 3.19 bits per heavy atom. The molecule has 0 aromatic carbocycles. The SMILES string of the molecule is Cc1nc(CC(=O)C2CN(C)CCO2)cs1. The molecule has 1 aliphatic heterocycles. The summed E-state index contributed by atoms with van der Waals surface area (Å²) in [5.41, 5.74) is 0.865. The molecule has 4 nitrogen and oxygen atoms in total. The molecule has 0 spiro atoms. The monoisotopic (exact) mass is 240 g/mol. The minimum absolute atomic E-state index is 0.136. The molecule has 0 amide bonds. The fraction of sp³-hybridized carbons (Fsp3) is 0.636. The highest BCUT2D eigenvalue weighted by Gasteiger charge is 2.25. The summed E-state index contributed by atoms with van der Waals surface area (Å²) in [5, 5.41) is 2.95. The fourth-order valence-corrected chi connectivity index (χ4v) is 2.37. The number of carbonyl (C=O) groups excluding carboxylic acids is 1. The van der Waals surface area contributed by atoms with Crippen molar-refractivity contribution < 1.29 is 9.53 Å². The van der Waals surface area contributed by atoms with Gasteiger partial charge in [-0.2, -0.15) is 0 Å². The lowest BCUT2D eigenvalue weighted by Gasteiger charge is -2.28. The van der Waals surface area contributed by atoms with Gasteiger partial charge in [0.05, 0.1) is 23.7 Å². The quantitative estimate of drug-likeness (QED) is 0.787. The molecule has 1 aromatic rings. The number of hydrogen-bond donors (Lipinski definition) is 0. The van der Waals surface area contributed by atoms with Crippen molar-refractivity contribution in [3.05, 3.63) is 16.1 Å². The van der Waals surface area contributed by atoms with Crippen LogP contribution in [0.5, 0.6) is 0 Å². The highest BCUT2D eigenvalue weighted by Crippen LogP contribution is 2.12. The second-order valence-electron chi connectivity index (χ2n) is 4.12. The second-order valence-corrected chi connectivity index (χ2v) is 5.18. The van der Waals surface area contributed by atoms with Gasteiger partial charge in [-0.25, -0.2) is 4.98 Å². The van der Waals surface area contributed by atoms with E-state index in [-0.39, 0.29) is 11.9 Å². The summed E-state index contributed by atoms with van der Waals surface area (Å²) in [7, 11) is 2.01. The lowest BCUT2D eigenvalue weighted by atomic mass is 10.1. The van der Waals surface area contributed by atoms with Gasteiger partial charge >= 0.3 is 0 Å². The summed E-state index contributed by atoms with van der Waals surface area (Å²) in [6.45, 7) is 4.19. The molecule has 16 heavy (non-hydrogen) atoms. The van der Waals surface area contributed by atoms with Crippen LogP contribution in [0.1, 0.15) is 10.7 Å². The van der Waals surface area contributed by atoms with Gasteiger partial charge in [0.15, 0.2) is 5.78 Å². The number of ether oxygens (including phenoxy) is 1. The van der Waals surface area contributed by atoms with E-state index < -0.39 is 0 Å². The Kier molecular flexibility index (Phi) is 3.68. The zero-order valence-electron chi connectivity index (χ0n) is 9.60. The Labute approximate surface area is 99.2 Å². The van der Waals surface area contributed by atoms with Crippen LogP contribution in [-0.4, -0.2) is 48.5 Å². The van der Waals surface area contributed by atoms with Gasteiger partial charge in [-0.15, -0.1) is 11.3 Å². The third kappa shape index (κ3) is 2.87. The molecule has 0 saturated carbocycles. The number of carbonyl (C=O) groups is 1. The van der Waals surface area contributed by atoms with E-state index in [1.807, 2.05) is 19.4 Å². The molecule has 0 bridgehead atoms. The predicted octanol–water partition coefficient (Wildman–Crippen LogP) is 0.894. The van der Waals surface area contributed by atoms with Crippen molar-refractivity contribution >= 4 is 17.1 Å². The topological polar surface area (TPSA) is 42.4 Å². The van der Waals surface area contributed by atoms with Gasteiger partial charge in [-0.05, 0) is 14.0 Å². The van der Waals surface area contributed by atoms with Crippen LogP contribution in [0.3, 0.4) is 0 Å². The smallest absolute Gasteiger partial charge is 0.168 e. The van der Waals surface area contributed by atoms with E-state index in [4.69, 9.17) is 4.74 Å². The molecule has 0 aliphatic carbocycles. The van der Waals surface area contributed by atoms with Crippen molar-refractivity contribution in [2.75, 3.05) is 26.7 Å². The lowest BCUT2D eigenvalue weighted by molar-refractivity contribution is -0.134. The molecule has 1 saturated heterocycles. The van der Waals surface area contributed by atoms with Crippen LogP contribution in [0.15, 0.2) is 5.38 Å². The van der Waals surface area contributed by atoms with Crippen molar-refractivity contribution in [1.29, 1.82) is 0 Å². The normalized spacial score (nSPS) is 22.2. The first kappa shape index (κ1) is 11.7. The van der Waals surface area contributed by atoms with Crippen LogP contribution >= 0.6 is 11.3 Å². The summed E-state index contributed by atoms with van der Waals surface area (Å²) in [6, 6.07) is 0. The van der Waals surface area contributed by atoms with E-state index in [1.165, 1.54) is 0 Å². The second kappa shape index (κ2) is 5.03. The number of rotatable bonds is 3. The average Bonchev–Trinajstić information content (AvgIpc) is 2.64. The number of aromatic nitrogens is 1. The van der Waals surface area contributed by atoms with Crippen molar-refractivity contribution in [3.8, 4) is 0 Å². The molecular weight excluding hydrogens is 224 g/mol. The van der Waals surface area contributed by atoms with Crippen molar-refractivity contribution in [3.63, 3.8) is 0 Å². The first-order valence-corrected chi connectivity index (χ1v) is 6.27. The van der Waals surface area contributed by atoms with Gasteiger partial charge < -0.3 is 9.64 Å². The summed E-state index contributed by atoms with van der Waals surface area (Å²) in [4.78, 5) is 18.4. The van der Waals surface area contributed by atoms with Gasteiger partial charge in [0, 0.05) is 18.5 Å². The van der Waals surface area contributed by atoms with Crippen molar-refractivity contribution in [1.82, 2.24) is 9.88 Å². The number of Topliss-reactive ketones (excluding diaryl/α,β-unsaturated/α-hetero) is 1. The molecule has 1 fully saturated rings. The molecule has 88 valence electrons. The molecule has 0 N–H and O–H groups in total. The number of hydrogen-bond acceptors (Lipinski definition) is 5. The molecule has 1 aliphatic rings. The summed E-state index contributed by atoms with van der Waals surface area (Å²) < 4.78 is 5.47. The van der Waals surface area contributed by atoms with E-state index in [0.717, 1.165) is 17.2 Å². The predicted molar refractivity (Wildman–Crippen MR) is 62.8 cm³/mol. The highest BCUT2D eigenvalue weighted by atomic mass is 32.1. The molecular formula is C11H16N2O2S. The Bertz CT molecular complexity index is 378. The Hall–Kier alpha value is -0.780. The zero-order chi connectivity index (χ0) is 11.5. The first-order chi connectivity index (χ1) is 7.65. The minimum atomic E-state index is -0.277. The standard InChI is InChI=1S/C11H16N2O2S/c1-8-12-9(7-16-8)5-10(14)11-6-13(2)3-4-15-11/h7,11H,3-6H2,1-2H3. The number of nitrogens with zero attached hydrogens (tertiary/aromatic N) is 2. The fourth-order valence-electron chi connectivity index (χ4n) is 1.75. The molecule has 1 unspecified atom stereocenters. The van der Waals surface area contributed by atoms with Crippen molar-refractivity contribution in [2.24, 2.45) is 0 Å². The van der Waals surface area contributed by atoms with E-state index in [0.29, 0.717) is 19.6 Å². The summed E-state index contributed by atoms with van der Waals surface area (Å²) in [5.74, 6) is 0.136. The maximum absolute atomic E-state index is 11.9. The Balaban J connectivity index is 1.92. The maximum Gasteiger partial charge on any atom is 0.168 e. The van der Waals surface area contributed by atoms with E-state index in [2.05, 4.69) is 9.88 Å². The van der Waals surface area contributed by atoms with E-state index in [1.54, 1.807) is 11.3 Å². The van der Waals surface area contributed by atoms with E-state index >= 15 is 0 Å². The third-order valence-electron chi connectivity index (χ3n) is 2.65. The number of ketones is 1. The number of thiazole rings is 1. The number of aryl methyl sites for hydroxylation is 1. The maximum atomic E-state index is 11.9. The number of morpholine rings is 1. The molecule has 1 atom stereocenters. The van der Waals surface area contributed by atoms with Crippen LogP contribution in [0, 0.1) is 6.92 Å². The van der Waals surface area contributed by atoms with Gasteiger partial charge in [0.25, 0.3) is 0 Å². The average molecular weight is 240 g/mol.